The molecule has 0 bridgehead atoms. The van der Waals surface area contributed by atoms with E-state index in [1.165, 1.54) is 19.2 Å². The van der Waals surface area contributed by atoms with Crippen molar-refractivity contribution >= 4 is 11.7 Å². The molecular formula is C15H14FNO3. The molecule has 2 N–H and O–H groups in total. The van der Waals surface area contributed by atoms with Gasteiger partial charge in [0.15, 0.2) is 11.6 Å². The molecule has 5 heteroatoms. The molecule has 0 radical (unpaired) electrons. The maximum atomic E-state index is 13.2. The topological polar surface area (TPSA) is 58.6 Å². The predicted molar refractivity (Wildman–Crippen MR) is 73.2 cm³/mol. The SMILES string of the molecule is COC(=O)c1ccc(NCc2cccc(F)c2O)cc1. The molecule has 0 unspecified atom stereocenters. The highest BCUT2D eigenvalue weighted by molar-refractivity contribution is 5.89. The first kappa shape index (κ1) is 13.9. The van der Waals surface area contributed by atoms with Gasteiger partial charge in [0, 0.05) is 17.8 Å². The van der Waals surface area contributed by atoms with Crippen LogP contribution in [0.4, 0.5) is 10.1 Å². The van der Waals surface area contributed by atoms with Gasteiger partial charge in [-0.15, -0.1) is 0 Å². The Morgan fingerprint density at radius 2 is 1.95 bits per heavy atom. The van der Waals surface area contributed by atoms with Crippen molar-refractivity contribution in [2.24, 2.45) is 0 Å². The van der Waals surface area contributed by atoms with Crippen LogP contribution in [0.2, 0.25) is 0 Å². The second-order valence-electron chi connectivity index (χ2n) is 4.17. The van der Waals surface area contributed by atoms with Crippen molar-refractivity contribution in [3.63, 3.8) is 0 Å². The summed E-state index contributed by atoms with van der Waals surface area (Å²) in [6.07, 6.45) is 0. The number of phenols is 1. The number of halogens is 1. The van der Waals surface area contributed by atoms with Crippen LogP contribution in [0.25, 0.3) is 0 Å². The van der Waals surface area contributed by atoms with Crippen LogP contribution in [-0.2, 0) is 11.3 Å². The first-order valence-electron chi connectivity index (χ1n) is 6.00. The Balaban J connectivity index is 2.04. The van der Waals surface area contributed by atoms with Gasteiger partial charge in [-0.3, -0.25) is 0 Å². The number of benzene rings is 2. The third-order valence-corrected chi connectivity index (χ3v) is 2.86. The maximum Gasteiger partial charge on any atom is 0.337 e. The van der Waals surface area contributed by atoms with Crippen molar-refractivity contribution in [2.45, 2.75) is 6.54 Å². The summed E-state index contributed by atoms with van der Waals surface area (Å²) in [6.45, 7) is 0.279. The van der Waals surface area contributed by atoms with Crippen LogP contribution in [0.5, 0.6) is 5.75 Å². The second-order valence-corrected chi connectivity index (χ2v) is 4.17. The average Bonchev–Trinajstić information content (AvgIpc) is 2.48. The molecule has 104 valence electrons. The Morgan fingerprint density at radius 3 is 2.60 bits per heavy atom. The van der Waals surface area contributed by atoms with Crippen molar-refractivity contribution in [1.29, 1.82) is 0 Å². The summed E-state index contributed by atoms with van der Waals surface area (Å²) < 4.78 is 17.8. The number of rotatable bonds is 4. The fourth-order valence-electron chi connectivity index (χ4n) is 1.74. The Hall–Kier alpha value is -2.56. The molecule has 0 saturated heterocycles. The van der Waals surface area contributed by atoms with Gasteiger partial charge in [0.1, 0.15) is 0 Å². The maximum absolute atomic E-state index is 13.2. The molecule has 0 aromatic heterocycles. The van der Waals surface area contributed by atoms with E-state index in [0.29, 0.717) is 11.1 Å². The van der Waals surface area contributed by atoms with Crippen LogP contribution in [0.1, 0.15) is 15.9 Å². The molecular weight excluding hydrogens is 261 g/mol. The molecule has 0 saturated carbocycles. The first-order chi connectivity index (χ1) is 9.61. The minimum atomic E-state index is -0.648. The second kappa shape index (κ2) is 6.06. The number of ether oxygens (including phenoxy) is 1. The monoisotopic (exact) mass is 275 g/mol. The average molecular weight is 275 g/mol. The largest absolute Gasteiger partial charge is 0.505 e. The zero-order valence-electron chi connectivity index (χ0n) is 10.9. The minimum Gasteiger partial charge on any atom is -0.505 e. The lowest BCUT2D eigenvalue weighted by atomic mass is 10.1. The number of phenolic OH excluding ortho intramolecular Hbond substituents is 1. The number of carbonyl (C=O) groups is 1. The van der Waals surface area contributed by atoms with Crippen LogP contribution < -0.4 is 5.32 Å². The molecule has 0 fully saturated rings. The standard InChI is InChI=1S/C15H14FNO3/c1-20-15(19)10-5-7-12(8-6-10)17-9-11-3-2-4-13(16)14(11)18/h2-8,17-18H,9H2,1H3. The summed E-state index contributed by atoms with van der Waals surface area (Å²) in [6, 6.07) is 11.0. The number of hydrogen-bond acceptors (Lipinski definition) is 4. The van der Waals surface area contributed by atoms with E-state index in [0.717, 1.165) is 5.69 Å². The lowest BCUT2D eigenvalue weighted by Gasteiger charge is -2.09. The minimum absolute atomic E-state index is 0.279. The van der Waals surface area contributed by atoms with Crippen molar-refractivity contribution in [2.75, 3.05) is 12.4 Å². The van der Waals surface area contributed by atoms with Crippen LogP contribution in [-0.4, -0.2) is 18.2 Å². The van der Waals surface area contributed by atoms with Gasteiger partial charge in [-0.1, -0.05) is 12.1 Å². The quantitative estimate of drug-likeness (QED) is 0.842. The van der Waals surface area contributed by atoms with Crippen LogP contribution in [0.15, 0.2) is 42.5 Å². The van der Waals surface area contributed by atoms with E-state index in [1.807, 2.05) is 0 Å². The van der Waals surface area contributed by atoms with Gasteiger partial charge in [-0.05, 0) is 30.3 Å². The van der Waals surface area contributed by atoms with Gasteiger partial charge in [-0.2, -0.15) is 0 Å². The summed E-state index contributed by atoms with van der Waals surface area (Å²) in [5, 5.41) is 12.6. The number of hydrogen-bond donors (Lipinski definition) is 2. The number of aromatic hydroxyl groups is 1. The lowest BCUT2D eigenvalue weighted by molar-refractivity contribution is 0.0601. The summed E-state index contributed by atoms with van der Waals surface area (Å²) in [5.74, 6) is -1.41. The molecule has 0 heterocycles. The zero-order chi connectivity index (χ0) is 14.5. The Labute approximate surface area is 115 Å². The van der Waals surface area contributed by atoms with Crippen molar-refractivity contribution in [1.82, 2.24) is 0 Å². The summed E-state index contributed by atoms with van der Waals surface area (Å²) in [5.41, 5.74) is 1.66. The van der Waals surface area contributed by atoms with E-state index in [4.69, 9.17) is 0 Å². The van der Waals surface area contributed by atoms with E-state index in [1.54, 1.807) is 30.3 Å². The molecule has 0 spiro atoms. The number of anilines is 1. The fraction of sp³-hybridized carbons (Fsp3) is 0.133. The first-order valence-corrected chi connectivity index (χ1v) is 6.00. The molecule has 0 atom stereocenters. The molecule has 20 heavy (non-hydrogen) atoms. The fourth-order valence-corrected chi connectivity index (χ4v) is 1.74. The predicted octanol–water partition coefficient (Wildman–Crippen LogP) is 2.93. The lowest BCUT2D eigenvalue weighted by Crippen LogP contribution is -2.03. The zero-order valence-corrected chi connectivity index (χ0v) is 10.9. The van der Waals surface area contributed by atoms with Gasteiger partial charge in [0.2, 0.25) is 0 Å². The Bertz CT molecular complexity index is 611. The van der Waals surface area contributed by atoms with Gasteiger partial charge >= 0.3 is 5.97 Å². The van der Waals surface area contributed by atoms with Crippen molar-refractivity contribution < 1.29 is 19.0 Å². The van der Waals surface area contributed by atoms with E-state index in [2.05, 4.69) is 10.1 Å². The highest BCUT2D eigenvalue weighted by Crippen LogP contribution is 2.21. The molecule has 2 aromatic carbocycles. The molecule has 2 aromatic rings. The van der Waals surface area contributed by atoms with Gasteiger partial charge in [-0.25, -0.2) is 9.18 Å². The molecule has 0 aliphatic heterocycles. The van der Waals surface area contributed by atoms with Crippen LogP contribution in [0.3, 0.4) is 0 Å². The van der Waals surface area contributed by atoms with Crippen molar-refractivity contribution in [3.8, 4) is 5.75 Å². The number of esters is 1. The molecule has 0 aliphatic rings. The van der Waals surface area contributed by atoms with E-state index >= 15 is 0 Å². The van der Waals surface area contributed by atoms with Crippen molar-refractivity contribution in [3.05, 3.63) is 59.4 Å². The third-order valence-electron chi connectivity index (χ3n) is 2.86. The number of methoxy groups -OCH3 is 1. The van der Waals surface area contributed by atoms with E-state index < -0.39 is 11.8 Å². The molecule has 2 rings (SSSR count). The smallest absolute Gasteiger partial charge is 0.337 e. The molecule has 0 aliphatic carbocycles. The van der Waals surface area contributed by atoms with Crippen LogP contribution in [0, 0.1) is 5.82 Å². The summed E-state index contributed by atoms with van der Waals surface area (Å²) >= 11 is 0. The highest BCUT2D eigenvalue weighted by atomic mass is 19.1. The van der Waals surface area contributed by atoms with Gasteiger partial charge in [0.25, 0.3) is 0 Å². The van der Waals surface area contributed by atoms with Gasteiger partial charge < -0.3 is 15.2 Å². The Morgan fingerprint density at radius 1 is 1.25 bits per heavy atom. The normalized spacial score (nSPS) is 10.1. The third kappa shape index (κ3) is 3.06. The van der Waals surface area contributed by atoms with Gasteiger partial charge in [0.05, 0.1) is 12.7 Å². The number of carbonyl (C=O) groups excluding carboxylic acids is 1. The Kier molecular flexibility index (Phi) is 4.20. The van der Waals surface area contributed by atoms with E-state index in [-0.39, 0.29) is 12.3 Å². The highest BCUT2D eigenvalue weighted by Gasteiger charge is 2.07. The molecule has 4 nitrogen and oxygen atoms in total. The van der Waals surface area contributed by atoms with E-state index in [9.17, 15) is 14.3 Å². The van der Waals surface area contributed by atoms with Crippen LogP contribution >= 0.6 is 0 Å². The summed E-state index contributed by atoms with van der Waals surface area (Å²) in [4.78, 5) is 11.3. The number of para-hydroxylation sites is 1. The summed E-state index contributed by atoms with van der Waals surface area (Å²) in [7, 11) is 1.32. The molecule has 0 amide bonds. The number of nitrogens with one attached hydrogen (secondary N) is 1.